The van der Waals surface area contributed by atoms with Crippen LogP contribution in [0.15, 0.2) is 24.3 Å². The van der Waals surface area contributed by atoms with Gasteiger partial charge >= 0.3 is 0 Å². The van der Waals surface area contributed by atoms with Crippen LogP contribution in [0.2, 0.25) is 0 Å². The SMILES string of the molecule is O=C(CS(=O)(=O)CC1CNC1)Nc1cccc(F)c1. The van der Waals surface area contributed by atoms with Gasteiger partial charge in [0.25, 0.3) is 0 Å². The molecule has 0 unspecified atom stereocenters. The van der Waals surface area contributed by atoms with Gasteiger partial charge in [0.15, 0.2) is 9.84 Å². The van der Waals surface area contributed by atoms with Crippen molar-refractivity contribution in [3.05, 3.63) is 30.1 Å². The number of benzene rings is 1. The Morgan fingerprint density at radius 3 is 2.74 bits per heavy atom. The quantitative estimate of drug-likeness (QED) is 0.821. The number of carbonyl (C=O) groups is 1. The molecule has 1 fully saturated rings. The lowest BCUT2D eigenvalue weighted by Crippen LogP contribution is -2.46. The van der Waals surface area contributed by atoms with Gasteiger partial charge in [-0.1, -0.05) is 6.07 Å². The van der Waals surface area contributed by atoms with Gasteiger partial charge in [0.2, 0.25) is 5.91 Å². The van der Waals surface area contributed by atoms with Crippen molar-refractivity contribution in [3.8, 4) is 0 Å². The third-order valence-electron chi connectivity index (χ3n) is 2.82. The molecule has 1 aliphatic rings. The Kier molecular flexibility index (Phi) is 4.16. The van der Waals surface area contributed by atoms with Crippen molar-refractivity contribution in [3.63, 3.8) is 0 Å². The molecule has 104 valence electrons. The molecule has 1 saturated heterocycles. The van der Waals surface area contributed by atoms with E-state index in [1.54, 1.807) is 0 Å². The van der Waals surface area contributed by atoms with Crippen LogP contribution in [0, 0.1) is 11.7 Å². The Labute approximate surface area is 111 Å². The first-order chi connectivity index (χ1) is 8.94. The van der Waals surface area contributed by atoms with Crippen LogP contribution in [-0.2, 0) is 14.6 Å². The smallest absolute Gasteiger partial charge is 0.239 e. The molecule has 2 N–H and O–H groups in total. The summed E-state index contributed by atoms with van der Waals surface area (Å²) in [6.45, 7) is 1.34. The van der Waals surface area contributed by atoms with E-state index in [2.05, 4.69) is 10.6 Å². The van der Waals surface area contributed by atoms with Crippen molar-refractivity contribution in [2.75, 3.05) is 29.9 Å². The molecular weight excluding hydrogens is 271 g/mol. The maximum absolute atomic E-state index is 12.9. The number of amides is 1. The molecule has 0 saturated carbocycles. The van der Waals surface area contributed by atoms with E-state index in [4.69, 9.17) is 0 Å². The lowest BCUT2D eigenvalue weighted by atomic mass is 10.1. The van der Waals surface area contributed by atoms with Crippen LogP contribution >= 0.6 is 0 Å². The largest absolute Gasteiger partial charge is 0.325 e. The summed E-state index contributed by atoms with van der Waals surface area (Å²) >= 11 is 0. The van der Waals surface area contributed by atoms with E-state index >= 15 is 0 Å². The Hall–Kier alpha value is -1.47. The standard InChI is InChI=1S/C12H15FN2O3S/c13-10-2-1-3-11(4-10)15-12(16)8-19(17,18)7-9-5-14-6-9/h1-4,9,14H,5-8H2,(H,15,16). The second-order valence-electron chi connectivity index (χ2n) is 4.64. The summed E-state index contributed by atoms with van der Waals surface area (Å²) in [4.78, 5) is 11.6. The van der Waals surface area contributed by atoms with Gasteiger partial charge in [-0.3, -0.25) is 4.79 Å². The summed E-state index contributed by atoms with van der Waals surface area (Å²) < 4.78 is 36.4. The molecule has 0 spiro atoms. The summed E-state index contributed by atoms with van der Waals surface area (Å²) in [6.07, 6.45) is 0. The maximum Gasteiger partial charge on any atom is 0.239 e. The van der Waals surface area contributed by atoms with Gasteiger partial charge in [-0.2, -0.15) is 0 Å². The molecule has 0 atom stereocenters. The van der Waals surface area contributed by atoms with Gasteiger partial charge in [0.05, 0.1) is 5.75 Å². The molecule has 0 radical (unpaired) electrons. The van der Waals surface area contributed by atoms with Crippen LogP contribution in [0.4, 0.5) is 10.1 Å². The second-order valence-corrected chi connectivity index (χ2v) is 6.75. The van der Waals surface area contributed by atoms with Crippen LogP contribution in [0.3, 0.4) is 0 Å². The maximum atomic E-state index is 12.9. The molecule has 1 aliphatic heterocycles. The summed E-state index contributed by atoms with van der Waals surface area (Å²) in [7, 11) is -3.42. The molecule has 1 aromatic rings. The highest BCUT2D eigenvalue weighted by molar-refractivity contribution is 7.92. The predicted octanol–water partition coefficient (Wildman–Crippen LogP) is 0.398. The highest BCUT2D eigenvalue weighted by atomic mass is 32.2. The highest BCUT2D eigenvalue weighted by Gasteiger charge is 2.26. The first-order valence-electron chi connectivity index (χ1n) is 5.91. The van der Waals surface area contributed by atoms with Gasteiger partial charge in [-0.25, -0.2) is 12.8 Å². The first-order valence-corrected chi connectivity index (χ1v) is 7.73. The molecule has 2 rings (SSSR count). The average molecular weight is 286 g/mol. The molecule has 5 nitrogen and oxygen atoms in total. The summed E-state index contributed by atoms with van der Waals surface area (Å²) in [5.41, 5.74) is 0.255. The zero-order valence-corrected chi connectivity index (χ0v) is 11.0. The van der Waals surface area contributed by atoms with Crippen molar-refractivity contribution in [2.24, 2.45) is 5.92 Å². The molecule has 19 heavy (non-hydrogen) atoms. The Morgan fingerprint density at radius 2 is 2.16 bits per heavy atom. The minimum absolute atomic E-state index is 0.0105. The van der Waals surface area contributed by atoms with Crippen LogP contribution in [0.1, 0.15) is 0 Å². The Balaban J connectivity index is 1.89. The molecule has 1 amide bonds. The predicted molar refractivity (Wildman–Crippen MR) is 70.0 cm³/mol. The van der Waals surface area contributed by atoms with Gasteiger partial charge in [-0.05, 0) is 24.1 Å². The van der Waals surface area contributed by atoms with Crippen molar-refractivity contribution in [1.82, 2.24) is 5.32 Å². The number of nitrogens with one attached hydrogen (secondary N) is 2. The van der Waals surface area contributed by atoms with E-state index in [9.17, 15) is 17.6 Å². The molecular formula is C12H15FN2O3S. The minimum atomic E-state index is -3.42. The van der Waals surface area contributed by atoms with E-state index < -0.39 is 27.3 Å². The van der Waals surface area contributed by atoms with Crippen molar-refractivity contribution in [1.29, 1.82) is 0 Å². The van der Waals surface area contributed by atoms with Crippen LogP contribution in [-0.4, -0.2) is 38.9 Å². The lowest BCUT2D eigenvalue weighted by Gasteiger charge is -2.26. The fourth-order valence-electron chi connectivity index (χ4n) is 1.85. The zero-order valence-electron chi connectivity index (χ0n) is 10.2. The van der Waals surface area contributed by atoms with Crippen LogP contribution in [0.25, 0.3) is 0 Å². The third kappa shape index (κ3) is 4.29. The van der Waals surface area contributed by atoms with E-state index in [0.29, 0.717) is 13.1 Å². The molecule has 0 bridgehead atoms. The zero-order chi connectivity index (χ0) is 13.9. The number of sulfone groups is 1. The number of hydrogen-bond acceptors (Lipinski definition) is 4. The number of hydrogen-bond donors (Lipinski definition) is 2. The fourth-order valence-corrected chi connectivity index (χ4v) is 3.39. The Morgan fingerprint density at radius 1 is 1.42 bits per heavy atom. The van der Waals surface area contributed by atoms with Crippen molar-refractivity contribution in [2.45, 2.75) is 0 Å². The van der Waals surface area contributed by atoms with Gasteiger partial charge in [-0.15, -0.1) is 0 Å². The summed E-state index contributed by atoms with van der Waals surface area (Å²) in [5, 5.41) is 5.35. The first kappa shape index (κ1) is 14.0. The van der Waals surface area contributed by atoms with E-state index in [1.807, 2.05) is 0 Å². The molecule has 0 aliphatic carbocycles. The molecule has 0 aromatic heterocycles. The average Bonchev–Trinajstić information content (AvgIpc) is 2.23. The summed E-state index contributed by atoms with van der Waals surface area (Å²) in [6, 6.07) is 5.33. The van der Waals surface area contributed by atoms with Crippen LogP contribution in [0.5, 0.6) is 0 Å². The van der Waals surface area contributed by atoms with Crippen molar-refractivity contribution >= 4 is 21.4 Å². The van der Waals surface area contributed by atoms with Gasteiger partial charge in [0.1, 0.15) is 11.6 Å². The number of anilines is 1. The lowest BCUT2D eigenvalue weighted by molar-refractivity contribution is -0.113. The van der Waals surface area contributed by atoms with Gasteiger partial charge in [0, 0.05) is 18.8 Å². The minimum Gasteiger partial charge on any atom is -0.325 e. The Bertz CT molecular complexity index is 570. The molecule has 1 heterocycles. The van der Waals surface area contributed by atoms with Crippen molar-refractivity contribution < 1.29 is 17.6 Å². The number of halogens is 1. The van der Waals surface area contributed by atoms with E-state index in [1.165, 1.54) is 18.2 Å². The topological polar surface area (TPSA) is 75.3 Å². The third-order valence-corrected chi connectivity index (χ3v) is 4.50. The number of rotatable bonds is 5. The monoisotopic (exact) mass is 286 g/mol. The van der Waals surface area contributed by atoms with Crippen LogP contribution < -0.4 is 10.6 Å². The molecule has 1 aromatic carbocycles. The number of carbonyl (C=O) groups excluding carboxylic acids is 1. The normalized spacial score (nSPS) is 15.8. The second kappa shape index (κ2) is 5.66. The highest BCUT2D eigenvalue weighted by Crippen LogP contribution is 2.11. The molecule has 7 heteroatoms. The van der Waals surface area contributed by atoms with E-state index in [0.717, 1.165) is 6.07 Å². The summed E-state index contributed by atoms with van der Waals surface area (Å²) in [5.74, 6) is -1.60. The fraction of sp³-hybridized carbons (Fsp3) is 0.417. The van der Waals surface area contributed by atoms with E-state index in [-0.39, 0.29) is 17.4 Å². The van der Waals surface area contributed by atoms with Gasteiger partial charge < -0.3 is 10.6 Å².